The number of nitrogens with zero attached hydrogens (tertiary/aromatic N) is 2. The fraction of sp³-hybridized carbons (Fsp3) is 0.778. The average molecular weight is 1180 g/mol. The van der Waals surface area contributed by atoms with Gasteiger partial charge in [-0.25, -0.2) is 0 Å². The van der Waals surface area contributed by atoms with Crippen LogP contribution in [0.5, 0.6) is 0 Å². The first kappa shape index (κ1) is 75.5. The van der Waals surface area contributed by atoms with Gasteiger partial charge in [0.15, 0.2) is 11.9 Å². The molecule has 0 fully saturated rings. The van der Waals surface area contributed by atoms with E-state index in [9.17, 15) is 47.9 Å². The summed E-state index contributed by atoms with van der Waals surface area (Å²) >= 11 is 1.45. The predicted molar refractivity (Wildman–Crippen MR) is 321 cm³/mol. The molecule has 0 radical (unpaired) electrons. The van der Waals surface area contributed by atoms with E-state index in [0.717, 1.165) is 0 Å². The third-order valence-electron chi connectivity index (χ3n) is 12.7. The monoisotopic (exact) mass is 1180 g/mol. The first-order chi connectivity index (χ1) is 38.3. The maximum absolute atomic E-state index is 14.5. The number of nitrogens with one attached hydrogen (secondary N) is 9. The van der Waals surface area contributed by atoms with Crippen LogP contribution in [0.25, 0.3) is 0 Å². The number of primary amides is 1. The van der Waals surface area contributed by atoms with Crippen LogP contribution in [0.3, 0.4) is 0 Å². The van der Waals surface area contributed by atoms with Gasteiger partial charge in [0, 0.05) is 20.0 Å². The third kappa shape index (κ3) is 32.9. The van der Waals surface area contributed by atoms with Gasteiger partial charge >= 0.3 is 0 Å². The molecule has 21 N–H and O–H groups in total. The van der Waals surface area contributed by atoms with Crippen molar-refractivity contribution in [3.05, 3.63) is 0 Å². The molecular formula is C54H103N17O10S. The summed E-state index contributed by atoms with van der Waals surface area (Å²) in [6.07, 6.45) is 4.19. The summed E-state index contributed by atoms with van der Waals surface area (Å²) in [5.74, 6) is -7.58. The van der Waals surface area contributed by atoms with E-state index in [-0.39, 0.29) is 113 Å². The molecule has 0 saturated carbocycles. The smallest absolute Gasteiger partial charge is 0.243 e. The van der Waals surface area contributed by atoms with Crippen molar-refractivity contribution in [2.24, 2.45) is 74.0 Å². The van der Waals surface area contributed by atoms with Gasteiger partial charge in [0.2, 0.25) is 59.1 Å². The van der Waals surface area contributed by atoms with E-state index in [1.165, 1.54) is 18.7 Å². The maximum atomic E-state index is 14.5. The zero-order chi connectivity index (χ0) is 62.8. The summed E-state index contributed by atoms with van der Waals surface area (Å²) in [4.78, 5) is 145. The van der Waals surface area contributed by atoms with E-state index in [1.54, 1.807) is 13.8 Å². The van der Waals surface area contributed by atoms with Crippen LogP contribution in [0.4, 0.5) is 0 Å². The van der Waals surface area contributed by atoms with Gasteiger partial charge in [-0.05, 0) is 125 Å². The fourth-order valence-corrected chi connectivity index (χ4v) is 9.04. The van der Waals surface area contributed by atoms with Crippen LogP contribution in [-0.4, -0.2) is 157 Å². The van der Waals surface area contributed by atoms with Gasteiger partial charge in [-0.3, -0.25) is 57.9 Å². The van der Waals surface area contributed by atoms with Crippen molar-refractivity contribution >= 4 is 82.8 Å². The Labute approximate surface area is 490 Å². The summed E-state index contributed by atoms with van der Waals surface area (Å²) in [6.45, 7) is 20.0. The summed E-state index contributed by atoms with van der Waals surface area (Å²) < 4.78 is 0. The molecule has 27 nitrogen and oxygen atoms in total. The van der Waals surface area contributed by atoms with Gasteiger partial charge in [-0.15, -0.1) is 0 Å². The lowest BCUT2D eigenvalue weighted by molar-refractivity contribution is -0.136. The molecule has 0 aromatic carbocycles. The highest BCUT2D eigenvalue weighted by Crippen LogP contribution is 2.15. The topological polar surface area (TPSA) is 460 Å². The van der Waals surface area contributed by atoms with E-state index in [0.29, 0.717) is 25.0 Å². The Morgan fingerprint density at radius 2 is 0.695 bits per heavy atom. The van der Waals surface area contributed by atoms with Crippen LogP contribution in [-0.2, 0) is 47.9 Å². The summed E-state index contributed by atoms with van der Waals surface area (Å²) in [5.41, 5.74) is 33.5. The normalized spacial score (nSPS) is 14.6. The number of rotatable bonds is 42. The number of thioether (sulfide) groups is 1. The Morgan fingerprint density at radius 3 is 1.00 bits per heavy atom. The second kappa shape index (κ2) is 40.7. The molecule has 9 atom stereocenters. The lowest BCUT2D eigenvalue weighted by Gasteiger charge is -2.30. The van der Waals surface area contributed by atoms with Crippen LogP contribution in [0, 0.1) is 29.6 Å². The van der Waals surface area contributed by atoms with Crippen molar-refractivity contribution in [1.29, 1.82) is 0 Å². The van der Waals surface area contributed by atoms with Gasteiger partial charge in [-0.1, -0.05) is 69.2 Å². The Bertz CT molecular complexity index is 2100. The molecule has 28 heteroatoms. The lowest BCUT2D eigenvalue weighted by Crippen LogP contribution is -2.61. The molecule has 0 rings (SSSR count). The molecule has 0 bridgehead atoms. The average Bonchev–Trinajstić information content (AvgIpc) is 3.40. The van der Waals surface area contributed by atoms with Gasteiger partial charge in [0.25, 0.3) is 0 Å². The van der Waals surface area contributed by atoms with Crippen LogP contribution in [0.2, 0.25) is 0 Å². The number of aliphatic imine (C=N–C) groups is 2. The van der Waals surface area contributed by atoms with Gasteiger partial charge in [-0.2, -0.15) is 11.8 Å². The molecular weight excluding hydrogens is 1080 g/mol. The van der Waals surface area contributed by atoms with Crippen molar-refractivity contribution in [1.82, 2.24) is 47.9 Å². The van der Waals surface area contributed by atoms with E-state index in [4.69, 9.17) is 34.4 Å². The lowest BCUT2D eigenvalue weighted by atomic mass is 9.97. The van der Waals surface area contributed by atoms with Crippen molar-refractivity contribution in [3.63, 3.8) is 0 Å². The second-order valence-corrected chi connectivity index (χ2v) is 23.8. The molecule has 10 amide bonds. The number of carbonyl (C=O) groups is 10. The molecule has 0 aliphatic heterocycles. The van der Waals surface area contributed by atoms with Crippen LogP contribution in [0.1, 0.15) is 153 Å². The number of unbranched alkanes of at least 4 members (excludes halogenated alkanes) is 1. The maximum Gasteiger partial charge on any atom is 0.243 e. The van der Waals surface area contributed by atoms with E-state index >= 15 is 0 Å². The molecule has 470 valence electrons. The van der Waals surface area contributed by atoms with E-state index in [2.05, 4.69) is 57.8 Å². The zero-order valence-corrected chi connectivity index (χ0v) is 51.6. The molecule has 0 aliphatic rings. The Hall–Kier alpha value is -6.45. The molecule has 0 saturated heterocycles. The minimum atomic E-state index is -1.33. The van der Waals surface area contributed by atoms with Crippen molar-refractivity contribution in [2.75, 3.05) is 31.6 Å². The Kier molecular flexibility index (Phi) is 37.5. The third-order valence-corrected chi connectivity index (χ3v) is 13.3. The second-order valence-electron chi connectivity index (χ2n) is 22.8. The Morgan fingerprint density at radius 1 is 0.390 bits per heavy atom. The highest BCUT2D eigenvalue weighted by molar-refractivity contribution is 7.98. The van der Waals surface area contributed by atoms with Crippen molar-refractivity contribution in [3.8, 4) is 0 Å². The zero-order valence-electron chi connectivity index (χ0n) is 50.7. The van der Waals surface area contributed by atoms with Crippen molar-refractivity contribution in [2.45, 2.75) is 208 Å². The highest BCUT2D eigenvalue weighted by Gasteiger charge is 2.36. The standard InChI is InChI=1S/C54H103N17O10S/c1-29(2)25-39(63-34(11)72)48(77)68-41(27-31(5)6)50(79)70-42(28-32(7)8)51(80)69-40(26-30(3)4)49(78)66-38(19-16-23-62-54(59)60)47(76)71-43(33(9)10)52(81)67-36(17-13-14-21-55)46(75)65-37(18-15-22-61-53(57)58)45(74)64-35(44(56)73)20-24-82-12/h29-33,35-43H,13-28,55H2,1-12H3,(H2,56,73)(H,63,72)(H,64,74)(H,65,75)(H,66,78)(H,67,81)(H,68,77)(H,69,80)(H,70,79)(H,71,76)(H4,57,58,61)(H4,59,60,62)/t35-,36-,37-,38-,39-,40-,41-,42-,43-/m0/s1. The minimum absolute atomic E-state index is 0.0332. The van der Waals surface area contributed by atoms with Crippen LogP contribution >= 0.6 is 11.8 Å². The number of hydrogen-bond acceptors (Lipinski definition) is 14. The van der Waals surface area contributed by atoms with E-state index < -0.39 is 119 Å². The van der Waals surface area contributed by atoms with Crippen LogP contribution in [0.15, 0.2) is 9.98 Å². The summed E-state index contributed by atoms with van der Waals surface area (Å²) in [5, 5.41) is 24.6. The largest absolute Gasteiger partial charge is 0.370 e. The number of amides is 10. The molecule has 0 unspecified atom stereocenters. The van der Waals surface area contributed by atoms with Gasteiger partial charge in [0.05, 0.1) is 0 Å². The SMILES string of the molecule is CSCC[C@H](NC(=O)[C@H](CCCN=C(N)N)NC(=O)[C@H](CCCCN)NC(=O)[C@@H](NC(=O)[C@H](CCCN=C(N)N)NC(=O)[C@H](CC(C)C)NC(=O)[C@H](CC(C)C)NC(=O)[C@H](CC(C)C)NC(=O)[C@H](CC(C)C)NC(C)=O)C(C)C)C(N)=O. The number of carbonyl (C=O) groups excluding carboxylic acids is 10. The van der Waals surface area contributed by atoms with Gasteiger partial charge < -0.3 is 82.3 Å². The fourth-order valence-electron chi connectivity index (χ4n) is 8.57. The first-order valence-corrected chi connectivity index (χ1v) is 30.0. The summed E-state index contributed by atoms with van der Waals surface area (Å²) in [7, 11) is 0. The first-order valence-electron chi connectivity index (χ1n) is 28.6. The van der Waals surface area contributed by atoms with Crippen LogP contribution < -0.4 is 82.3 Å². The Balaban J connectivity index is 6.99. The van der Waals surface area contributed by atoms with E-state index in [1.807, 2.05) is 61.6 Å². The molecule has 0 heterocycles. The molecule has 0 spiro atoms. The molecule has 0 aromatic heterocycles. The number of nitrogens with two attached hydrogens (primary N) is 6. The number of guanidine groups is 2. The molecule has 0 aromatic rings. The van der Waals surface area contributed by atoms with Crippen molar-refractivity contribution < 1.29 is 47.9 Å². The number of hydrogen-bond donors (Lipinski definition) is 15. The molecule has 0 aliphatic carbocycles. The molecule has 82 heavy (non-hydrogen) atoms. The predicted octanol–water partition coefficient (Wildman–Crippen LogP) is -1.32. The summed E-state index contributed by atoms with van der Waals surface area (Å²) in [6, 6.07) is -10.5. The quantitative estimate of drug-likeness (QED) is 0.0192. The van der Waals surface area contributed by atoms with Gasteiger partial charge in [0.1, 0.15) is 54.4 Å². The highest BCUT2D eigenvalue weighted by atomic mass is 32.2. The minimum Gasteiger partial charge on any atom is -0.370 e.